The van der Waals surface area contributed by atoms with Crippen molar-refractivity contribution in [2.75, 3.05) is 11.5 Å². The van der Waals surface area contributed by atoms with Gasteiger partial charge in [-0.15, -0.1) is 0 Å². The summed E-state index contributed by atoms with van der Waals surface area (Å²) < 4.78 is 5.53. The minimum absolute atomic E-state index is 0.0605. The van der Waals surface area contributed by atoms with Crippen LogP contribution in [0, 0.1) is 0 Å². The van der Waals surface area contributed by atoms with Gasteiger partial charge in [-0.05, 0) is 36.2 Å². The standard InChI is InChI=1S/C24H24N2O6/c1-2-14-32-19-10-8-18(9-11-19)26-22(28)15-20(24(26)31)25(21(27)12-13-23(29)30)16-17-6-4-3-5-7-17/h3-13,20H,2,14-16H2,1H3,(H,29,30)/b13-12+/t20-/m1/s1. The molecular weight excluding hydrogens is 412 g/mol. The summed E-state index contributed by atoms with van der Waals surface area (Å²) in [4.78, 5) is 51.8. The van der Waals surface area contributed by atoms with Crippen LogP contribution in [0.25, 0.3) is 0 Å². The van der Waals surface area contributed by atoms with Gasteiger partial charge in [-0.25, -0.2) is 9.69 Å². The Balaban J connectivity index is 1.85. The molecule has 0 radical (unpaired) electrons. The number of carboxylic acids is 1. The number of amides is 3. The van der Waals surface area contributed by atoms with Crippen molar-refractivity contribution in [2.24, 2.45) is 0 Å². The Morgan fingerprint density at radius 2 is 1.78 bits per heavy atom. The van der Waals surface area contributed by atoms with E-state index < -0.39 is 29.7 Å². The first-order valence-electron chi connectivity index (χ1n) is 10.3. The number of anilines is 1. The molecule has 3 amide bonds. The average molecular weight is 436 g/mol. The van der Waals surface area contributed by atoms with Crippen LogP contribution < -0.4 is 9.64 Å². The van der Waals surface area contributed by atoms with E-state index in [2.05, 4.69) is 0 Å². The van der Waals surface area contributed by atoms with Crippen molar-refractivity contribution < 1.29 is 29.0 Å². The fraction of sp³-hybridized carbons (Fsp3) is 0.250. The van der Waals surface area contributed by atoms with Crippen LogP contribution in [-0.4, -0.2) is 46.3 Å². The molecule has 1 heterocycles. The van der Waals surface area contributed by atoms with Crippen LogP contribution >= 0.6 is 0 Å². The Hall–Kier alpha value is -3.94. The second kappa shape index (κ2) is 10.4. The van der Waals surface area contributed by atoms with Gasteiger partial charge in [-0.1, -0.05) is 37.3 Å². The lowest BCUT2D eigenvalue weighted by atomic mass is 10.1. The third-order valence-corrected chi connectivity index (χ3v) is 4.91. The highest BCUT2D eigenvalue weighted by atomic mass is 16.5. The van der Waals surface area contributed by atoms with Crippen LogP contribution in [0.4, 0.5) is 5.69 Å². The summed E-state index contributed by atoms with van der Waals surface area (Å²) in [6.45, 7) is 2.61. The molecule has 2 aromatic carbocycles. The summed E-state index contributed by atoms with van der Waals surface area (Å²) in [6, 6.07) is 14.5. The lowest BCUT2D eigenvalue weighted by molar-refractivity contribution is -0.135. The monoisotopic (exact) mass is 436 g/mol. The van der Waals surface area contributed by atoms with Crippen LogP contribution in [0.2, 0.25) is 0 Å². The van der Waals surface area contributed by atoms with Gasteiger partial charge in [0.05, 0.1) is 18.7 Å². The van der Waals surface area contributed by atoms with Crippen LogP contribution in [0.5, 0.6) is 5.75 Å². The van der Waals surface area contributed by atoms with Gasteiger partial charge in [-0.2, -0.15) is 0 Å². The maximum Gasteiger partial charge on any atom is 0.328 e. The van der Waals surface area contributed by atoms with Crippen molar-refractivity contribution in [1.82, 2.24) is 4.90 Å². The Labute approximate surface area is 185 Å². The zero-order valence-electron chi connectivity index (χ0n) is 17.6. The summed E-state index contributed by atoms with van der Waals surface area (Å²) in [5, 5.41) is 8.86. The number of carboxylic acid groups (broad SMARTS) is 1. The van der Waals surface area contributed by atoms with Gasteiger partial charge < -0.3 is 14.7 Å². The van der Waals surface area contributed by atoms with E-state index in [-0.39, 0.29) is 13.0 Å². The zero-order chi connectivity index (χ0) is 23.1. The van der Waals surface area contributed by atoms with Crippen molar-refractivity contribution in [3.63, 3.8) is 0 Å². The number of benzene rings is 2. The number of carbonyl (C=O) groups is 4. The highest BCUT2D eigenvalue weighted by Crippen LogP contribution is 2.28. The van der Waals surface area contributed by atoms with Crippen molar-refractivity contribution in [2.45, 2.75) is 32.4 Å². The predicted molar refractivity (Wildman–Crippen MR) is 117 cm³/mol. The molecule has 8 nitrogen and oxygen atoms in total. The molecule has 32 heavy (non-hydrogen) atoms. The third-order valence-electron chi connectivity index (χ3n) is 4.91. The van der Waals surface area contributed by atoms with Crippen LogP contribution in [0.15, 0.2) is 66.7 Å². The Morgan fingerprint density at radius 1 is 1.09 bits per heavy atom. The molecule has 0 aromatic heterocycles. The van der Waals surface area contributed by atoms with Gasteiger partial charge in [0.25, 0.3) is 5.91 Å². The maximum absolute atomic E-state index is 13.2. The first kappa shape index (κ1) is 22.7. The van der Waals surface area contributed by atoms with Gasteiger partial charge in [-0.3, -0.25) is 14.4 Å². The molecule has 1 atom stereocenters. The summed E-state index contributed by atoms with van der Waals surface area (Å²) in [7, 11) is 0. The molecule has 0 aliphatic carbocycles. The van der Waals surface area contributed by atoms with E-state index in [1.54, 1.807) is 48.5 Å². The number of ether oxygens (including phenoxy) is 1. The first-order chi connectivity index (χ1) is 15.4. The Bertz CT molecular complexity index is 1020. The van der Waals surface area contributed by atoms with Gasteiger partial charge in [0.15, 0.2) is 0 Å². The molecule has 0 saturated carbocycles. The van der Waals surface area contributed by atoms with E-state index in [0.29, 0.717) is 24.1 Å². The highest BCUT2D eigenvalue weighted by molar-refractivity contribution is 6.23. The van der Waals surface area contributed by atoms with Crippen molar-refractivity contribution >= 4 is 29.4 Å². The second-order valence-electron chi connectivity index (χ2n) is 7.25. The van der Waals surface area contributed by atoms with Crippen molar-refractivity contribution in [3.8, 4) is 5.75 Å². The molecule has 0 spiro atoms. The van der Waals surface area contributed by atoms with E-state index in [1.165, 1.54) is 4.90 Å². The SMILES string of the molecule is CCCOc1ccc(N2C(=O)C[C@@H](N(Cc3ccccc3)C(=O)/C=C/C(=O)O)C2=O)cc1. The summed E-state index contributed by atoms with van der Waals surface area (Å²) in [5.74, 6) is -2.28. The fourth-order valence-corrected chi connectivity index (χ4v) is 3.40. The summed E-state index contributed by atoms with van der Waals surface area (Å²) in [6.07, 6.45) is 2.28. The number of rotatable bonds is 9. The lowest BCUT2D eigenvalue weighted by Crippen LogP contribution is -2.44. The van der Waals surface area contributed by atoms with E-state index in [4.69, 9.17) is 9.84 Å². The number of nitrogens with zero attached hydrogens (tertiary/aromatic N) is 2. The largest absolute Gasteiger partial charge is 0.494 e. The van der Waals surface area contributed by atoms with Crippen LogP contribution in [0.3, 0.4) is 0 Å². The Morgan fingerprint density at radius 3 is 2.41 bits per heavy atom. The predicted octanol–water partition coefficient (Wildman–Crippen LogP) is 2.78. The van der Waals surface area contributed by atoms with E-state index >= 15 is 0 Å². The highest BCUT2D eigenvalue weighted by Gasteiger charge is 2.44. The average Bonchev–Trinajstić information content (AvgIpc) is 3.09. The van der Waals surface area contributed by atoms with E-state index in [1.807, 2.05) is 13.0 Å². The fourth-order valence-electron chi connectivity index (χ4n) is 3.40. The first-order valence-corrected chi connectivity index (χ1v) is 10.3. The topological polar surface area (TPSA) is 104 Å². The van der Waals surface area contributed by atoms with E-state index in [9.17, 15) is 19.2 Å². The molecule has 1 fully saturated rings. The number of hydrogen-bond donors (Lipinski definition) is 1. The molecular formula is C24H24N2O6. The summed E-state index contributed by atoms with van der Waals surface area (Å²) >= 11 is 0. The van der Waals surface area contributed by atoms with Gasteiger partial charge in [0.2, 0.25) is 11.8 Å². The molecule has 1 aliphatic rings. The molecule has 0 unspecified atom stereocenters. The number of hydrogen-bond acceptors (Lipinski definition) is 5. The molecule has 1 N–H and O–H groups in total. The molecule has 1 aliphatic heterocycles. The minimum atomic E-state index is -1.28. The lowest BCUT2D eigenvalue weighted by Gasteiger charge is -2.26. The van der Waals surface area contributed by atoms with Gasteiger partial charge >= 0.3 is 5.97 Å². The van der Waals surface area contributed by atoms with Crippen LogP contribution in [0.1, 0.15) is 25.3 Å². The zero-order valence-corrected chi connectivity index (χ0v) is 17.6. The second-order valence-corrected chi connectivity index (χ2v) is 7.25. The molecule has 0 bridgehead atoms. The molecule has 8 heteroatoms. The van der Waals surface area contributed by atoms with Crippen molar-refractivity contribution in [1.29, 1.82) is 0 Å². The maximum atomic E-state index is 13.2. The molecule has 2 aromatic rings. The van der Waals surface area contributed by atoms with Crippen LogP contribution in [-0.2, 0) is 25.7 Å². The number of aliphatic carboxylic acids is 1. The molecule has 166 valence electrons. The quantitative estimate of drug-likeness (QED) is 0.479. The number of imide groups is 1. The molecule has 1 saturated heterocycles. The number of carbonyl (C=O) groups excluding carboxylic acids is 3. The third kappa shape index (κ3) is 5.40. The normalized spacial score (nSPS) is 15.9. The van der Waals surface area contributed by atoms with Crippen molar-refractivity contribution in [3.05, 3.63) is 72.3 Å². The molecule has 3 rings (SSSR count). The summed E-state index contributed by atoms with van der Waals surface area (Å²) in [5.41, 5.74) is 1.14. The Kier molecular flexibility index (Phi) is 7.38. The van der Waals surface area contributed by atoms with E-state index in [0.717, 1.165) is 23.0 Å². The van der Waals surface area contributed by atoms with Gasteiger partial charge in [0, 0.05) is 18.7 Å². The smallest absolute Gasteiger partial charge is 0.328 e. The minimum Gasteiger partial charge on any atom is -0.494 e. The van der Waals surface area contributed by atoms with Gasteiger partial charge in [0.1, 0.15) is 11.8 Å².